The quantitative estimate of drug-likeness (QED) is 0.677. The van der Waals surface area contributed by atoms with Crippen molar-refractivity contribution in [3.05, 3.63) is 63.2 Å². The van der Waals surface area contributed by atoms with E-state index in [0.717, 1.165) is 0 Å². The van der Waals surface area contributed by atoms with Gasteiger partial charge in [-0.3, -0.25) is 19.9 Å². The van der Waals surface area contributed by atoms with E-state index in [4.69, 9.17) is 11.6 Å². The zero-order valence-electron chi connectivity index (χ0n) is 11.2. The summed E-state index contributed by atoms with van der Waals surface area (Å²) in [6.45, 7) is 0. The summed E-state index contributed by atoms with van der Waals surface area (Å²) in [5.74, 6) is -0.196. The number of nitrogens with one attached hydrogen (secondary N) is 1. The number of hydrogen-bond acceptors (Lipinski definition) is 4. The van der Waals surface area contributed by atoms with E-state index in [2.05, 4.69) is 10.3 Å². The monoisotopic (exact) mass is 315 g/mol. The van der Waals surface area contributed by atoms with Gasteiger partial charge in [0, 0.05) is 17.2 Å². The Hall–Kier alpha value is -2.73. The number of hydrogen-bond donors (Lipinski definition) is 1. The van der Waals surface area contributed by atoms with Gasteiger partial charge in [0.05, 0.1) is 28.4 Å². The van der Waals surface area contributed by atoms with E-state index in [1.807, 2.05) is 0 Å². The number of non-ortho nitro benzene ring substituents is 1. The molecule has 1 heterocycles. The fourth-order valence-corrected chi connectivity index (χ4v) is 2.34. The van der Waals surface area contributed by atoms with Crippen LogP contribution < -0.4 is 5.32 Å². The van der Waals surface area contributed by atoms with Crippen LogP contribution in [-0.4, -0.2) is 16.5 Å². The van der Waals surface area contributed by atoms with Gasteiger partial charge in [-0.2, -0.15) is 0 Å². The number of nitro groups is 1. The molecule has 0 spiro atoms. The molecule has 0 atom stereocenters. The molecule has 0 saturated heterocycles. The van der Waals surface area contributed by atoms with Crippen LogP contribution in [0.1, 0.15) is 12.0 Å². The van der Waals surface area contributed by atoms with Gasteiger partial charge in [0.2, 0.25) is 5.91 Å². The Labute approximate surface area is 130 Å². The minimum Gasteiger partial charge on any atom is -0.324 e. The van der Waals surface area contributed by atoms with E-state index in [1.54, 1.807) is 30.3 Å². The zero-order chi connectivity index (χ0) is 15.7. The van der Waals surface area contributed by atoms with Crippen molar-refractivity contribution < 1.29 is 9.72 Å². The van der Waals surface area contributed by atoms with Gasteiger partial charge in [0.15, 0.2) is 0 Å². The van der Waals surface area contributed by atoms with E-state index in [-0.39, 0.29) is 18.0 Å². The highest BCUT2D eigenvalue weighted by atomic mass is 35.5. The molecule has 0 radical (unpaired) electrons. The summed E-state index contributed by atoms with van der Waals surface area (Å²) >= 11 is 5.96. The van der Waals surface area contributed by atoms with E-state index >= 15 is 0 Å². The molecule has 6 nitrogen and oxygen atoms in total. The number of nitro benzene ring substituents is 1. The second-order valence-corrected chi connectivity index (χ2v) is 5.19. The van der Waals surface area contributed by atoms with Gasteiger partial charge in [-0.25, -0.2) is 0 Å². The zero-order valence-corrected chi connectivity index (χ0v) is 12.0. The SMILES string of the molecule is O=C1CC(c2ccc([N+](=O)[O-])cc2)=Nc2cc(Cl)ccc2N1. The molecule has 0 aromatic heterocycles. The lowest BCUT2D eigenvalue weighted by atomic mass is 10.1. The third kappa shape index (κ3) is 2.82. The highest BCUT2D eigenvalue weighted by molar-refractivity contribution is 6.31. The van der Waals surface area contributed by atoms with E-state index < -0.39 is 4.92 Å². The first-order valence-electron chi connectivity index (χ1n) is 6.45. The van der Waals surface area contributed by atoms with Crippen LogP contribution in [0.3, 0.4) is 0 Å². The van der Waals surface area contributed by atoms with Crippen LogP contribution in [0.2, 0.25) is 5.02 Å². The third-order valence-electron chi connectivity index (χ3n) is 3.23. The molecule has 0 fully saturated rings. The first kappa shape index (κ1) is 14.2. The largest absolute Gasteiger partial charge is 0.324 e. The maximum Gasteiger partial charge on any atom is 0.269 e. The average molecular weight is 316 g/mol. The van der Waals surface area contributed by atoms with Gasteiger partial charge < -0.3 is 5.32 Å². The Morgan fingerprint density at radius 2 is 1.91 bits per heavy atom. The minimum atomic E-state index is -0.472. The number of aliphatic imine (C=N–C) groups is 1. The Morgan fingerprint density at radius 1 is 1.18 bits per heavy atom. The molecule has 22 heavy (non-hydrogen) atoms. The van der Waals surface area contributed by atoms with E-state index in [0.29, 0.717) is 27.7 Å². The summed E-state index contributed by atoms with van der Waals surface area (Å²) < 4.78 is 0. The first-order chi connectivity index (χ1) is 10.5. The molecule has 2 aromatic carbocycles. The summed E-state index contributed by atoms with van der Waals surface area (Å²) in [6, 6.07) is 11.0. The maximum atomic E-state index is 12.0. The van der Waals surface area contributed by atoms with Gasteiger partial charge >= 0.3 is 0 Å². The standard InChI is InChI=1S/C15H10ClN3O3/c16-10-3-6-12-14(7-10)17-13(8-15(20)18-12)9-1-4-11(5-2-9)19(21)22/h1-7H,8H2,(H,18,20). The molecule has 1 aliphatic heterocycles. The highest BCUT2D eigenvalue weighted by Gasteiger charge is 2.18. The normalized spacial score (nSPS) is 13.7. The fraction of sp³-hybridized carbons (Fsp3) is 0.0667. The van der Waals surface area contributed by atoms with Crippen molar-refractivity contribution in [2.24, 2.45) is 4.99 Å². The summed E-state index contributed by atoms with van der Waals surface area (Å²) in [7, 11) is 0. The Kier molecular flexibility index (Phi) is 3.60. The molecule has 0 bridgehead atoms. The molecule has 1 N–H and O–H groups in total. The molecule has 0 unspecified atom stereocenters. The number of anilines is 1. The summed E-state index contributed by atoms with van der Waals surface area (Å²) in [6.07, 6.45) is 0.0874. The predicted octanol–water partition coefficient (Wildman–Crippen LogP) is 3.71. The van der Waals surface area contributed by atoms with Crippen molar-refractivity contribution in [2.75, 3.05) is 5.32 Å². The molecular formula is C15H10ClN3O3. The van der Waals surface area contributed by atoms with Crippen molar-refractivity contribution in [2.45, 2.75) is 6.42 Å². The van der Waals surface area contributed by atoms with Crippen LogP contribution in [0.25, 0.3) is 0 Å². The van der Waals surface area contributed by atoms with Crippen LogP contribution >= 0.6 is 11.6 Å². The van der Waals surface area contributed by atoms with Crippen LogP contribution in [0.15, 0.2) is 47.5 Å². The van der Waals surface area contributed by atoms with Gasteiger partial charge in [-0.1, -0.05) is 11.6 Å². The van der Waals surface area contributed by atoms with Crippen LogP contribution in [-0.2, 0) is 4.79 Å². The minimum absolute atomic E-state index is 0.00846. The smallest absolute Gasteiger partial charge is 0.269 e. The number of benzene rings is 2. The average Bonchev–Trinajstić information content (AvgIpc) is 2.65. The lowest BCUT2D eigenvalue weighted by Crippen LogP contribution is -2.14. The van der Waals surface area contributed by atoms with Crippen molar-refractivity contribution >= 4 is 40.3 Å². The topological polar surface area (TPSA) is 84.6 Å². The van der Waals surface area contributed by atoms with Crippen LogP contribution in [0.5, 0.6) is 0 Å². The van der Waals surface area contributed by atoms with Crippen LogP contribution in [0, 0.1) is 10.1 Å². The van der Waals surface area contributed by atoms with Gasteiger partial charge in [0.25, 0.3) is 5.69 Å². The molecule has 0 aliphatic carbocycles. The van der Waals surface area contributed by atoms with E-state index in [9.17, 15) is 14.9 Å². The number of carbonyl (C=O) groups excluding carboxylic acids is 1. The van der Waals surface area contributed by atoms with Crippen LogP contribution in [0.4, 0.5) is 17.1 Å². The molecule has 110 valence electrons. The first-order valence-corrected chi connectivity index (χ1v) is 6.82. The molecule has 1 amide bonds. The predicted molar refractivity (Wildman–Crippen MR) is 84.0 cm³/mol. The maximum absolute atomic E-state index is 12.0. The van der Waals surface area contributed by atoms with Crippen molar-refractivity contribution in [3.8, 4) is 0 Å². The second kappa shape index (κ2) is 5.57. The summed E-state index contributed by atoms with van der Waals surface area (Å²) in [4.78, 5) is 26.7. The lowest BCUT2D eigenvalue weighted by Gasteiger charge is -2.03. The molecule has 7 heteroatoms. The Balaban J connectivity index is 2.05. The summed E-state index contributed by atoms with van der Waals surface area (Å²) in [5, 5.41) is 14.0. The number of fused-ring (bicyclic) bond motifs is 1. The number of carbonyl (C=O) groups is 1. The van der Waals surface area contributed by atoms with Crippen molar-refractivity contribution in [1.82, 2.24) is 0 Å². The van der Waals surface area contributed by atoms with E-state index in [1.165, 1.54) is 12.1 Å². The number of nitrogens with zero attached hydrogens (tertiary/aromatic N) is 2. The number of halogens is 1. The molecule has 2 aromatic rings. The van der Waals surface area contributed by atoms with Crippen molar-refractivity contribution in [3.63, 3.8) is 0 Å². The van der Waals surface area contributed by atoms with Gasteiger partial charge in [-0.05, 0) is 35.9 Å². The summed E-state index contributed by atoms with van der Waals surface area (Å²) in [5.41, 5.74) is 2.34. The third-order valence-corrected chi connectivity index (χ3v) is 3.46. The second-order valence-electron chi connectivity index (χ2n) is 4.75. The van der Waals surface area contributed by atoms with Gasteiger partial charge in [0.1, 0.15) is 0 Å². The molecule has 0 saturated carbocycles. The highest BCUT2D eigenvalue weighted by Crippen LogP contribution is 2.31. The molecular weight excluding hydrogens is 306 g/mol. The van der Waals surface area contributed by atoms with Crippen molar-refractivity contribution in [1.29, 1.82) is 0 Å². The Bertz CT molecular complexity index is 800. The molecule has 1 aliphatic rings. The lowest BCUT2D eigenvalue weighted by molar-refractivity contribution is -0.384. The van der Waals surface area contributed by atoms with Gasteiger partial charge in [-0.15, -0.1) is 0 Å². The molecule has 3 rings (SSSR count). The number of rotatable bonds is 2. The Morgan fingerprint density at radius 3 is 2.59 bits per heavy atom. The fourth-order valence-electron chi connectivity index (χ4n) is 2.18. The number of amides is 1.